The van der Waals surface area contributed by atoms with Crippen molar-refractivity contribution < 1.29 is 24.0 Å². The van der Waals surface area contributed by atoms with Gasteiger partial charge in [0.2, 0.25) is 11.6 Å². The van der Waals surface area contributed by atoms with Gasteiger partial charge in [0, 0.05) is 58.6 Å². The molecule has 3 aromatic carbocycles. The zero-order valence-electron chi connectivity index (χ0n) is 22.5. The van der Waals surface area contributed by atoms with Crippen LogP contribution in [0.1, 0.15) is 50.6 Å². The van der Waals surface area contributed by atoms with Gasteiger partial charge in [-0.25, -0.2) is 4.79 Å². The molecule has 40 heavy (non-hydrogen) atoms. The lowest BCUT2D eigenvalue weighted by molar-refractivity contribution is -0.140. The smallest absolute Gasteiger partial charge is 0.332 e. The Labute approximate surface area is 235 Å². The summed E-state index contributed by atoms with van der Waals surface area (Å²) in [4.78, 5) is 44.1. The summed E-state index contributed by atoms with van der Waals surface area (Å²) in [5, 5.41) is 7.52. The summed E-state index contributed by atoms with van der Waals surface area (Å²) in [5.74, 6) is -1.04. The first-order valence-electron chi connectivity index (χ1n) is 13.0. The van der Waals surface area contributed by atoms with Gasteiger partial charge < -0.3 is 14.1 Å². The molecule has 8 heteroatoms. The average Bonchev–Trinajstić information content (AvgIpc) is 3.60. The van der Waals surface area contributed by atoms with E-state index in [9.17, 15) is 14.4 Å². The lowest BCUT2D eigenvalue weighted by Crippen LogP contribution is -2.18. The number of nitrogens with zero attached hydrogens (tertiary/aromatic N) is 2. The van der Waals surface area contributed by atoms with Crippen LogP contribution in [0.15, 0.2) is 83.3 Å². The first-order chi connectivity index (χ1) is 19.4. The van der Waals surface area contributed by atoms with Gasteiger partial charge in [-0.15, -0.1) is 11.3 Å². The highest BCUT2D eigenvalue weighted by Gasteiger charge is 2.22. The number of benzene rings is 3. The minimum absolute atomic E-state index is 0.0429. The van der Waals surface area contributed by atoms with E-state index in [4.69, 9.17) is 9.57 Å². The highest BCUT2D eigenvalue weighted by Crippen LogP contribution is 2.32. The number of fused-ring (bicyclic) bond motifs is 3. The van der Waals surface area contributed by atoms with Gasteiger partial charge in [0.05, 0.1) is 11.5 Å². The molecule has 5 aromatic rings. The van der Waals surface area contributed by atoms with E-state index in [1.807, 2.05) is 73.8 Å². The number of ether oxygens (including phenoxy) is 1. The Kier molecular flexibility index (Phi) is 8.00. The number of ketones is 2. The largest absolute Gasteiger partial charge is 0.380 e. The quantitative estimate of drug-likeness (QED) is 0.0642. The van der Waals surface area contributed by atoms with Crippen molar-refractivity contribution in [1.29, 1.82) is 0 Å². The Morgan fingerprint density at radius 2 is 1.60 bits per heavy atom. The molecule has 0 aliphatic rings. The fraction of sp³-hybridized carbons (Fsp3) is 0.188. The SMILES string of the molecule is CCOCCn1c2ccc(C(=O)/C(=N/OC(C)=O)c3ccccc3C)cc2c2cc(C(=O)c3cccs3)ccc21. The first-order valence-corrected chi connectivity index (χ1v) is 13.8. The summed E-state index contributed by atoms with van der Waals surface area (Å²) < 4.78 is 7.77. The number of carbonyl (C=O) groups excluding carboxylic acids is 3. The van der Waals surface area contributed by atoms with Crippen molar-refractivity contribution in [2.45, 2.75) is 27.3 Å². The second-order valence-electron chi connectivity index (χ2n) is 9.29. The molecule has 0 N–H and O–H groups in total. The molecule has 7 nitrogen and oxygen atoms in total. The van der Waals surface area contributed by atoms with Crippen LogP contribution in [0.2, 0.25) is 0 Å². The van der Waals surface area contributed by atoms with Crippen molar-refractivity contribution in [2.75, 3.05) is 13.2 Å². The van der Waals surface area contributed by atoms with Crippen LogP contribution >= 0.6 is 11.3 Å². The van der Waals surface area contributed by atoms with E-state index < -0.39 is 5.97 Å². The molecular formula is C32H28N2O5S. The van der Waals surface area contributed by atoms with E-state index in [0.717, 1.165) is 27.4 Å². The maximum atomic E-state index is 13.8. The number of aryl methyl sites for hydroxylation is 1. The van der Waals surface area contributed by atoms with Crippen LogP contribution in [-0.4, -0.2) is 41.0 Å². The monoisotopic (exact) mass is 552 g/mol. The van der Waals surface area contributed by atoms with Gasteiger partial charge in [-0.2, -0.15) is 0 Å². The molecule has 0 atom stereocenters. The van der Waals surface area contributed by atoms with E-state index in [2.05, 4.69) is 9.72 Å². The summed E-state index contributed by atoms with van der Waals surface area (Å²) in [6.45, 7) is 6.81. The molecule has 0 unspecified atom stereocenters. The minimum Gasteiger partial charge on any atom is -0.380 e. The third-order valence-electron chi connectivity index (χ3n) is 6.68. The maximum Gasteiger partial charge on any atom is 0.332 e. The number of aromatic nitrogens is 1. The number of Topliss-reactive ketones (excluding diaryl/α,β-unsaturated/α-hetero) is 1. The topological polar surface area (TPSA) is 87.0 Å². The number of oxime groups is 1. The third kappa shape index (κ3) is 5.36. The third-order valence-corrected chi connectivity index (χ3v) is 7.55. The van der Waals surface area contributed by atoms with Gasteiger partial charge >= 0.3 is 5.97 Å². The highest BCUT2D eigenvalue weighted by atomic mass is 32.1. The fourth-order valence-corrected chi connectivity index (χ4v) is 5.46. The van der Waals surface area contributed by atoms with Crippen LogP contribution in [0, 0.1) is 6.92 Å². The summed E-state index contributed by atoms with van der Waals surface area (Å²) in [6.07, 6.45) is 0. The van der Waals surface area contributed by atoms with Crippen LogP contribution in [0.25, 0.3) is 21.8 Å². The second kappa shape index (κ2) is 11.8. The summed E-state index contributed by atoms with van der Waals surface area (Å²) in [6, 6.07) is 22.1. The van der Waals surface area contributed by atoms with Crippen molar-refractivity contribution in [3.05, 3.63) is 105 Å². The number of thiophene rings is 1. The Morgan fingerprint density at radius 1 is 0.900 bits per heavy atom. The van der Waals surface area contributed by atoms with Gasteiger partial charge in [0.1, 0.15) is 0 Å². The molecule has 0 aliphatic carbocycles. The lowest BCUT2D eigenvalue weighted by atomic mass is 9.96. The number of hydrogen-bond donors (Lipinski definition) is 0. The normalized spacial score (nSPS) is 11.7. The molecule has 0 bridgehead atoms. The lowest BCUT2D eigenvalue weighted by Gasteiger charge is -2.10. The van der Waals surface area contributed by atoms with Crippen molar-refractivity contribution in [1.82, 2.24) is 4.57 Å². The van der Waals surface area contributed by atoms with Gasteiger partial charge in [-0.05, 0) is 67.3 Å². The molecule has 0 radical (unpaired) electrons. The Hall–Kier alpha value is -4.40. The summed E-state index contributed by atoms with van der Waals surface area (Å²) in [7, 11) is 0. The molecule has 2 heterocycles. The molecule has 5 rings (SSSR count). The van der Waals surface area contributed by atoms with E-state index in [-0.39, 0.29) is 17.3 Å². The van der Waals surface area contributed by atoms with Crippen molar-refractivity contribution in [3.63, 3.8) is 0 Å². The molecule has 0 amide bonds. The van der Waals surface area contributed by atoms with Crippen molar-refractivity contribution in [3.8, 4) is 0 Å². The van der Waals surface area contributed by atoms with Crippen molar-refractivity contribution >= 4 is 56.4 Å². The van der Waals surface area contributed by atoms with E-state index in [0.29, 0.717) is 41.3 Å². The zero-order valence-corrected chi connectivity index (χ0v) is 23.3. The number of rotatable bonds is 10. The maximum absolute atomic E-state index is 13.8. The predicted octanol–water partition coefficient (Wildman–Crippen LogP) is 6.58. The molecule has 0 aliphatic heterocycles. The molecular weight excluding hydrogens is 524 g/mol. The van der Waals surface area contributed by atoms with E-state index in [1.165, 1.54) is 18.3 Å². The minimum atomic E-state index is -0.616. The van der Waals surface area contributed by atoms with Crippen molar-refractivity contribution in [2.24, 2.45) is 5.16 Å². The van der Waals surface area contributed by atoms with Crippen LogP contribution in [0.4, 0.5) is 0 Å². The standard InChI is InChI=1S/C32H28N2O5S/c1-4-38-16-15-34-27-13-11-22(31(36)29-10-7-17-40-29)18-25(27)26-19-23(12-14-28(26)34)32(37)30(33-39-21(3)35)24-9-6-5-8-20(24)2/h5-14,17-19H,4,15-16H2,1-3H3/b33-30+. The Bertz CT molecular complexity index is 1770. The summed E-state index contributed by atoms with van der Waals surface area (Å²) >= 11 is 1.40. The first kappa shape index (κ1) is 27.2. The highest BCUT2D eigenvalue weighted by molar-refractivity contribution is 7.12. The molecule has 2 aromatic heterocycles. The second-order valence-corrected chi connectivity index (χ2v) is 10.2. The fourth-order valence-electron chi connectivity index (χ4n) is 4.78. The molecule has 0 saturated carbocycles. The Morgan fingerprint density at radius 3 is 2.25 bits per heavy atom. The number of carbonyl (C=O) groups is 3. The van der Waals surface area contributed by atoms with Crippen LogP contribution in [0.5, 0.6) is 0 Å². The van der Waals surface area contributed by atoms with E-state index >= 15 is 0 Å². The molecule has 0 spiro atoms. The predicted molar refractivity (Wildman–Crippen MR) is 158 cm³/mol. The van der Waals surface area contributed by atoms with Crippen LogP contribution in [0.3, 0.4) is 0 Å². The molecule has 0 fully saturated rings. The van der Waals surface area contributed by atoms with Gasteiger partial charge in [-0.1, -0.05) is 35.5 Å². The molecule has 202 valence electrons. The average molecular weight is 553 g/mol. The van der Waals surface area contributed by atoms with Gasteiger partial charge in [0.25, 0.3) is 0 Å². The van der Waals surface area contributed by atoms with E-state index in [1.54, 1.807) is 18.2 Å². The molecule has 0 saturated heterocycles. The zero-order chi connectivity index (χ0) is 28.2. The van der Waals surface area contributed by atoms with Gasteiger partial charge in [-0.3, -0.25) is 9.59 Å². The Balaban J connectivity index is 1.66. The van der Waals surface area contributed by atoms with Crippen LogP contribution in [-0.2, 0) is 20.9 Å². The number of hydrogen-bond acceptors (Lipinski definition) is 7. The summed E-state index contributed by atoms with van der Waals surface area (Å²) in [5.41, 5.74) is 4.27. The van der Waals surface area contributed by atoms with Gasteiger partial charge in [0.15, 0.2) is 5.71 Å². The van der Waals surface area contributed by atoms with Crippen LogP contribution < -0.4 is 0 Å².